The van der Waals surface area contributed by atoms with Gasteiger partial charge in [0.1, 0.15) is 0 Å². The molecule has 0 bridgehead atoms. The molecule has 0 aromatic carbocycles. The van der Waals surface area contributed by atoms with Gasteiger partial charge in [0.25, 0.3) is 5.09 Å². The van der Waals surface area contributed by atoms with Gasteiger partial charge < -0.3 is 5.21 Å². The molecule has 4 nitrogen and oxygen atoms in total. The van der Waals surface area contributed by atoms with E-state index < -0.39 is 5.09 Å². The fraction of sp³-hybridized carbons (Fsp3) is 0. The molecule has 0 aliphatic heterocycles. The second-order valence-electron chi connectivity index (χ2n) is 0.238. The van der Waals surface area contributed by atoms with Crippen molar-refractivity contribution in [2.45, 2.75) is 0 Å². The third-order valence-corrected chi connectivity index (χ3v) is 0. The molecule has 0 saturated heterocycles. The van der Waals surface area contributed by atoms with Gasteiger partial charge in [-0.3, -0.25) is 0 Å². The maximum absolute atomic E-state index is 8.36. The fourth-order valence-corrected chi connectivity index (χ4v) is 0. The molecule has 1 N–H and O–H groups in total. The summed E-state index contributed by atoms with van der Waals surface area (Å²) in [5.74, 6) is 0. The monoisotopic (exact) mass is 91.0 g/mol. The molecule has 0 aromatic heterocycles. The van der Waals surface area contributed by atoms with Crippen molar-refractivity contribution in [1.29, 1.82) is 0 Å². The predicted octanol–water partition coefficient (Wildman–Crippen LogP) is -0.729. The molecule has 4 radical (unpaired) electrons. The van der Waals surface area contributed by atoms with E-state index in [4.69, 9.17) is 15.3 Å². The van der Waals surface area contributed by atoms with E-state index in [0.717, 1.165) is 0 Å². The van der Waals surface area contributed by atoms with Crippen molar-refractivity contribution in [2.24, 2.45) is 0 Å². The molecule has 5 heavy (non-hydrogen) atoms. The highest BCUT2D eigenvalue weighted by Crippen LogP contribution is 1.38. The first-order chi connectivity index (χ1) is 1.73. The Bertz CT molecular complexity index is 29.9. The van der Waals surface area contributed by atoms with Crippen LogP contribution in [0, 0.1) is 10.1 Å². The lowest BCUT2D eigenvalue weighted by Crippen LogP contribution is -1.81. The first kappa shape index (κ1) is 8.83. The molecule has 0 atom stereocenters. The van der Waals surface area contributed by atoms with Crippen LogP contribution in [-0.4, -0.2) is 21.3 Å². The molecular weight excluding hydrogens is 90.1 g/mol. The molecule has 0 rings (SSSR count). The molecule has 0 heterocycles. The average Bonchev–Trinajstić information content (AvgIpc) is 0.811. The van der Waals surface area contributed by atoms with E-state index in [1.54, 1.807) is 0 Å². The van der Waals surface area contributed by atoms with Crippen molar-refractivity contribution in [3.63, 3.8) is 0 Å². The Hall–Kier alpha value is -0.583. The van der Waals surface area contributed by atoms with Gasteiger partial charge in [0.05, 0.1) is 0 Å². The predicted molar refractivity (Wildman–Crippen MR) is 14.5 cm³/mol. The van der Waals surface area contributed by atoms with Crippen LogP contribution in [0.25, 0.3) is 0 Å². The highest BCUT2D eigenvalue weighted by molar-refractivity contribution is 5.75. The molecule has 0 spiro atoms. The second kappa shape index (κ2) is 3.42. The molecule has 0 unspecified atom stereocenters. The van der Waals surface area contributed by atoms with Crippen LogP contribution in [0.15, 0.2) is 0 Å². The summed E-state index contributed by atoms with van der Waals surface area (Å²) in [6, 6.07) is 0. The van der Waals surface area contributed by atoms with Gasteiger partial charge in [0, 0.05) is 11.0 Å². The van der Waals surface area contributed by atoms with E-state index in [0.29, 0.717) is 0 Å². The SMILES string of the molecule is O=[N+]([O-])O.[Si]. The van der Waals surface area contributed by atoms with Crippen molar-refractivity contribution >= 4 is 11.0 Å². The van der Waals surface area contributed by atoms with E-state index in [1.165, 1.54) is 0 Å². The van der Waals surface area contributed by atoms with Gasteiger partial charge in [-0.05, 0) is 0 Å². The van der Waals surface area contributed by atoms with Gasteiger partial charge in [0.15, 0.2) is 0 Å². The highest BCUT2D eigenvalue weighted by Gasteiger charge is 1.65. The van der Waals surface area contributed by atoms with Gasteiger partial charge >= 0.3 is 0 Å². The molecule has 28 valence electrons. The van der Waals surface area contributed by atoms with Crippen LogP contribution < -0.4 is 0 Å². The molecule has 0 amide bonds. The minimum atomic E-state index is -1.50. The number of rotatable bonds is 0. The Labute approximate surface area is 32.5 Å². The Kier molecular flexibility index (Phi) is 6.03. The number of hydrogen-bond acceptors (Lipinski definition) is 2. The molecule has 0 aromatic rings. The van der Waals surface area contributed by atoms with Gasteiger partial charge in [-0.1, -0.05) is 0 Å². The van der Waals surface area contributed by atoms with Crippen LogP contribution in [0.4, 0.5) is 0 Å². The normalized spacial score (nSPS) is 4.80. The molecule has 0 aliphatic rings. The van der Waals surface area contributed by atoms with E-state index in [1.807, 2.05) is 0 Å². The Morgan fingerprint density at radius 1 is 1.80 bits per heavy atom. The molecule has 0 aliphatic carbocycles. The first-order valence-electron chi connectivity index (χ1n) is 0.565. The number of nitrogens with zero attached hydrogens (tertiary/aromatic N) is 1. The van der Waals surface area contributed by atoms with Crippen LogP contribution in [0.2, 0.25) is 0 Å². The van der Waals surface area contributed by atoms with Crippen molar-refractivity contribution in [3.8, 4) is 0 Å². The summed E-state index contributed by atoms with van der Waals surface area (Å²) < 4.78 is 0. The highest BCUT2D eigenvalue weighted by atomic mass is 28.1. The van der Waals surface area contributed by atoms with Gasteiger partial charge in [-0.25, -0.2) is 0 Å². The van der Waals surface area contributed by atoms with Gasteiger partial charge in [-0.2, -0.15) is 0 Å². The van der Waals surface area contributed by atoms with E-state index >= 15 is 0 Å². The molecule has 0 saturated carbocycles. The van der Waals surface area contributed by atoms with Gasteiger partial charge in [0.2, 0.25) is 0 Å². The lowest BCUT2D eigenvalue weighted by Gasteiger charge is -1.56. The largest absolute Gasteiger partial charge is 0.328 e. The molecule has 0 fully saturated rings. The maximum atomic E-state index is 8.36. The van der Waals surface area contributed by atoms with Crippen molar-refractivity contribution in [1.82, 2.24) is 0 Å². The standard InChI is InChI=1S/HNO3.Si/c2-1(3)4;/h(H,2,3,4);. The van der Waals surface area contributed by atoms with Crippen LogP contribution in [0.1, 0.15) is 0 Å². The molecular formula is HNO3Si. The quantitative estimate of drug-likeness (QED) is 0.243. The van der Waals surface area contributed by atoms with Crippen molar-refractivity contribution in [2.75, 3.05) is 0 Å². The summed E-state index contributed by atoms with van der Waals surface area (Å²) in [6.45, 7) is 0. The maximum Gasteiger partial charge on any atom is 0.291 e. The summed E-state index contributed by atoms with van der Waals surface area (Å²) in [7, 11) is 0. The van der Waals surface area contributed by atoms with Crippen molar-refractivity contribution in [3.05, 3.63) is 10.1 Å². The Morgan fingerprint density at radius 3 is 1.80 bits per heavy atom. The summed E-state index contributed by atoms with van der Waals surface area (Å²) >= 11 is 0. The Morgan fingerprint density at radius 2 is 1.80 bits per heavy atom. The number of hydrogen-bond donors (Lipinski definition) is 1. The lowest BCUT2D eigenvalue weighted by atomic mass is 13.1. The minimum absolute atomic E-state index is 0. The van der Waals surface area contributed by atoms with E-state index in [9.17, 15) is 0 Å². The lowest BCUT2D eigenvalue weighted by molar-refractivity contribution is -0.742. The minimum Gasteiger partial charge on any atom is -0.328 e. The zero-order valence-corrected chi connectivity index (χ0v) is 3.21. The third-order valence-electron chi connectivity index (χ3n) is 0. The zero-order chi connectivity index (χ0) is 3.58. The fourth-order valence-electron chi connectivity index (χ4n) is 0. The average molecular weight is 91.1 g/mol. The summed E-state index contributed by atoms with van der Waals surface area (Å²) in [6.07, 6.45) is 0. The van der Waals surface area contributed by atoms with Crippen LogP contribution >= 0.6 is 0 Å². The van der Waals surface area contributed by atoms with Gasteiger partial charge in [-0.15, -0.1) is 10.1 Å². The summed E-state index contributed by atoms with van der Waals surface area (Å²) in [4.78, 5) is 8.36. The second-order valence-corrected chi connectivity index (χ2v) is 0.238. The first-order valence-corrected chi connectivity index (χ1v) is 0.565. The summed E-state index contributed by atoms with van der Waals surface area (Å²) in [5.41, 5.74) is 0. The van der Waals surface area contributed by atoms with E-state index in [2.05, 4.69) is 0 Å². The third kappa shape index (κ3) is 20.2. The van der Waals surface area contributed by atoms with Crippen molar-refractivity contribution < 1.29 is 10.3 Å². The van der Waals surface area contributed by atoms with Crippen LogP contribution in [0.3, 0.4) is 0 Å². The van der Waals surface area contributed by atoms with Crippen LogP contribution in [-0.2, 0) is 0 Å². The zero-order valence-electron chi connectivity index (χ0n) is 2.21. The summed E-state index contributed by atoms with van der Waals surface area (Å²) in [5, 5.41) is 13.6. The smallest absolute Gasteiger partial charge is 0.291 e. The topological polar surface area (TPSA) is 63.4 Å². The van der Waals surface area contributed by atoms with E-state index in [-0.39, 0.29) is 11.0 Å². The van der Waals surface area contributed by atoms with Crippen LogP contribution in [0.5, 0.6) is 0 Å². The Balaban J connectivity index is 0. The molecule has 5 heteroatoms.